The molecule has 125 valence electrons. The van der Waals surface area contributed by atoms with Crippen LogP contribution in [0.3, 0.4) is 0 Å². The van der Waals surface area contributed by atoms with Crippen LogP contribution in [0, 0.1) is 23.7 Å². The van der Waals surface area contributed by atoms with Gasteiger partial charge in [-0.3, -0.25) is 0 Å². The molecule has 0 heterocycles. The number of rotatable bonds is 12. The molecule has 3 radical (unpaired) electrons. The summed E-state index contributed by atoms with van der Waals surface area (Å²) in [7, 11) is 0. The van der Waals surface area contributed by atoms with Gasteiger partial charge in [-0.15, -0.1) is 0 Å². The molecule has 1 unspecified atom stereocenters. The Bertz CT molecular complexity index is 236. The topological polar surface area (TPSA) is 9.23 Å². The molecule has 0 aromatic rings. The van der Waals surface area contributed by atoms with Crippen molar-refractivity contribution < 1.29 is 3.07 Å². The van der Waals surface area contributed by atoms with Crippen LogP contribution in [-0.4, -0.2) is 28.5 Å². The van der Waals surface area contributed by atoms with Gasteiger partial charge in [-0.2, -0.15) is 0 Å². The molecule has 0 spiro atoms. The molecule has 0 rings (SSSR count). The molecule has 0 N–H and O–H groups in total. The van der Waals surface area contributed by atoms with E-state index in [9.17, 15) is 0 Å². The third-order valence-corrected chi connectivity index (χ3v) is 5.98. The summed E-state index contributed by atoms with van der Waals surface area (Å²) in [5, 5.41) is 0. The van der Waals surface area contributed by atoms with E-state index in [2.05, 4.69) is 48.5 Å². The standard InChI is InChI=1S/C19H39O.Sn/c1-8-18(10-9-15(2)3)19(20,13-11-16(4)5)14-12-17(6)7;/h15-18H,8-14H2,1-7H3;/q-1;+1. The van der Waals surface area contributed by atoms with Gasteiger partial charge in [0, 0.05) is 0 Å². The Morgan fingerprint density at radius 1 is 0.762 bits per heavy atom. The Balaban J connectivity index is 4.99. The third kappa shape index (κ3) is 8.83. The second-order valence-corrected chi connectivity index (χ2v) is 8.69. The summed E-state index contributed by atoms with van der Waals surface area (Å²) in [5.41, 5.74) is 0.149. The fourth-order valence-corrected chi connectivity index (χ4v) is 4.22. The molecule has 0 bridgehead atoms. The molecule has 21 heavy (non-hydrogen) atoms. The van der Waals surface area contributed by atoms with Crippen molar-refractivity contribution in [1.82, 2.24) is 0 Å². The molecule has 0 aromatic heterocycles. The second kappa shape index (κ2) is 11.3. The van der Waals surface area contributed by atoms with Gasteiger partial charge in [0.25, 0.3) is 0 Å². The molecule has 0 aromatic carbocycles. The van der Waals surface area contributed by atoms with Crippen molar-refractivity contribution in [2.45, 2.75) is 99.0 Å². The number of hydrogen-bond donors (Lipinski definition) is 0. The van der Waals surface area contributed by atoms with Gasteiger partial charge in [0.1, 0.15) is 0 Å². The third-order valence-electron chi connectivity index (χ3n) is 4.82. The quantitative estimate of drug-likeness (QED) is 0.355. The summed E-state index contributed by atoms with van der Waals surface area (Å²) < 4.78 is 6.31. The molecular weight excluding hydrogens is 363 g/mol. The van der Waals surface area contributed by atoms with Gasteiger partial charge >= 0.3 is 149 Å². The normalized spacial score (nSPS) is 14.4. The molecule has 0 fully saturated rings. The van der Waals surface area contributed by atoms with Gasteiger partial charge in [0.2, 0.25) is 0 Å². The predicted octanol–water partition coefficient (Wildman–Crippen LogP) is 6.16. The zero-order chi connectivity index (χ0) is 16.5. The first-order chi connectivity index (χ1) is 9.77. The van der Waals surface area contributed by atoms with Gasteiger partial charge in [-0.05, 0) is 0 Å². The Hall–Kier alpha value is 0.759. The predicted molar refractivity (Wildman–Crippen MR) is 95.6 cm³/mol. The van der Waals surface area contributed by atoms with Gasteiger partial charge in [-0.25, -0.2) is 0 Å². The molecule has 2 heteroatoms. The minimum atomic E-state index is 0.149. The van der Waals surface area contributed by atoms with Gasteiger partial charge in [0.05, 0.1) is 0 Å². The first-order valence-electron chi connectivity index (χ1n) is 9.12. The average molecular weight is 402 g/mol. The minimum absolute atomic E-state index is 0.149. The van der Waals surface area contributed by atoms with Crippen molar-refractivity contribution in [2.24, 2.45) is 23.7 Å². The van der Waals surface area contributed by atoms with Crippen LogP contribution in [0.5, 0.6) is 0 Å². The molecule has 0 aliphatic carbocycles. The monoisotopic (exact) mass is 403 g/mol. The van der Waals surface area contributed by atoms with Crippen LogP contribution in [-0.2, 0) is 3.07 Å². The molecule has 1 nitrogen and oxygen atoms in total. The van der Waals surface area contributed by atoms with Crippen molar-refractivity contribution >= 4 is 22.9 Å². The van der Waals surface area contributed by atoms with E-state index in [0.717, 1.165) is 23.7 Å². The maximum atomic E-state index is 6.31. The SMILES string of the molecule is CCC(CCC(C)C)C(CCC(C)C)(CCC(C)C)[O][Sn]. The maximum absolute atomic E-state index is 6.31. The van der Waals surface area contributed by atoms with Gasteiger partial charge in [0.15, 0.2) is 0 Å². The van der Waals surface area contributed by atoms with Crippen LogP contribution in [0.15, 0.2) is 0 Å². The van der Waals surface area contributed by atoms with E-state index in [1.165, 1.54) is 67.9 Å². The summed E-state index contributed by atoms with van der Waals surface area (Å²) >= 11 is 1.25. The molecule has 0 amide bonds. The van der Waals surface area contributed by atoms with Crippen molar-refractivity contribution in [3.05, 3.63) is 0 Å². The number of hydrogen-bond acceptors (Lipinski definition) is 1. The Labute approximate surface area is 148 Å². The Morgan fingerprint density at radius 2 is 1.19 bits per heavy atom. The van der Waals surface area contributed by atoms with Gasteiger partial charge in [-0.1, -0.05) is 0 Å². The molecule has 0 aliphatic heterocycles. The summed E-state index contributed by atoms with van der Waals surface area (Å²) in [6.45, 7) is 16.4. The van der Waals surface area contributed by atoms with Crippen molar-refractivity contribution in [3.63, 3.8) is 0 Å². The van der Waals surface area contributed by atoms with E-state index in [1.54, 1.807) is 0 Å². The van der Waals surface area contributed by atoms with Gasteiger partial charge < -0.3 is 0 Å². The van der Waals surface area contributed by atoms with E-state index in [1.807, 2.05) is 0 Å². The van der Waals surface area contributed by atoms with E-state index >= 15 is 0 Å². The average Bonchev–Trinajstić information content (AvgIpc) is 2.41. The Kier molecular flexibility index (Phi) is 11.7. The van der Waals surface area contributed by atoms with E-state index in [0.29, 0.717) is 0 Å². The summed E-state index contributed by atoms with van der Waals surface area (Å²) in [4.78, 5) is 0. The first-order valence-corrected chi connectivity index (χ1v) is 10.3. The fourth-order valence-electron chi connectivity index (χ4n) is 3.16. The first kappa shape index (κ1) is 21.8. The molecule has 0 aliphatic rings. The van der Waals surface area contributed by atoms with Crippen molar-refractivity contribution in [1.29, 1.82) is 0 Å². The van der Waals surface area contributed by atoms with E-state index in [4.69, 9.17) is 3.07 Å². The summed E-state index contributed by atoms with van der Waals surface area (Å²) in [6.07, 6.45) is 9.02. The molecule has 1 atom stereocenters. The van der Waals surface area contributed by atoms with Crippen molar-refractivity contribution in [3.8, 4) is 0 Å². The van der Waals surface area contributed by atoms with Crippen LogP contribution in [0.25, 0.3) is 0 Å². The molecular formula is C19H39OSn. The zero-order valence-electron chi connectivity index (χ0n) is 15.7. The van der Waals surface area contributed by atoms with Crippen LogP contribution >= 0.6 is 0 Å². The molecule has 0 saturated heterocycles. The van der Waals surface area contributed by atoms with Crippen LogP contribution in [0.1, 0.15) is 93.4 Å². The van der Waals surface area contributed by atoms with Crippen LogP contribution in [0.2, 0.25) is 0 Å². The summed E-state index contributed by atoms with van der Waals surface area (Å²) in [6, 6.07) is 0. The fraction of sp³-hybridized carbons (Fsp3) is 1.00. The zero-order valence-corrected chi connectivity index (χ0v) is 18.5. The van der Waals surface area contributed by atoms with Crippen molar-refractivity contribution in [2.75, 3.05) is 0 Å². The van der Waals surface area contributed by atoms with E-state index in [-0.39, 0.29) is 5.60 Å². The molecule has 0 saturated carbocycles. The van der Waals surface area contributed by atoms with Crippen LogP contribution < -0.4 is 0 Å². The van der Waals surface area contributed by atoms with Crippen LogP contribution in [0.4, 0.5) is 0 Å². The van der Waals surface area contributed by atoms with E-state index < -0.39 is 0 Å². The summed E-state index contributed by atoms with van der Waals surface area (Å²) in [5.74, 6) is 3.09. The second-order valence-electron chi connectivity index (χ2n) is 8.11. The Morgan fingerprint density at radius 3 is 1.48 bits per heavy atom.